The highest BCUT2D eigenvalue weighted by atomic mass is 16.5. The molecule has 1 aromatic carbocycles. The summed E-state index contributed by atoms with van der Waals surface area (Å²) in [6.45, 7) is 5.71. The van der Waals surface area contributed by atoms with Gasteiger partial charge >= 0.3 is 5.97 Å². The number of amides is 1. The second kappa shape index (κ2) is 20.7. The fourth-order valence-electron chi connectivity index (χ4n) is 4.27. The Labute approximate surface area is 240 Å². The zero-order valence-electron chi connectivity index (χ0n) is 24.7. The molecule has 0 aliphatic rings. The molecule has 1 aromatic rings. The summed E-state index contributed by atoms with van der Waals surface area (Å²) in [5, 5.41) is 22.8. The van der Waals surface area contributed by atoms with Crippen molar-refractivity contribution in [1.29, 1.82) is 0 Å². The van der Waals surface area contributed by atoms with Crippen molar-refractivity contribution in [3.63, 3.8) is 0 Å². The molecule has 1 amide bonds. The first-order valence-corrected chi connectivity index (χ1v) is 14.8. The van der Waals surface area contributed by atoms with Crippen molar-refractivity contribution in [2.75, 3.05) is 13.2 Å². The summed E-state index contributed by atoms with van der Waals surface area (Å²) in [6.07, 6.45) is 15.3. The lowest BCUT2D eigenvalue weighted by molar-refractivity contribution is -0.163. The molecule has 0 aromatic heterocycles. The second-order valence-corrected chi connectivity index (χ2v) is 10.4. The SMILES string of the molecule is CC#CCOc1ccc(CCNC(=O)[C@@H](C=CCCCCCCC(=O)CCCCCCC)[C@](C)(O)C(=O)O)cc1. The van der Waals surface area contributed by atoms with Gasteiger partial charge in [-0.25, -0.2) is 4.79 Å². The van der Waals surface area contributed by atoms with Crippen LogP contribution in [0.25, 0.3) is 0 Å². The van der Waals surface area contributed by atoms with Crippen LogP contribution in [-0.4, -0.2) is 46.6 Å². The van der Waals surface area contributed by atoms with Crippen LogP contribution in [0.15, 0.2) is 36.4 Å². The van der Waals surface area contributed by atoms with Gasteiger partial charge < -0.3 is 20.3 Å². The third-order valence-corrected chi connectivity index (χ3v) is 6.91. The topological polar surface area (TPSA) is 113 Å². The number of hydrogen-bond donors (Lipinski definition) is 3. The smallest absolute Gasteiger partial charge is 0.336 e. The lowest BCUT2D eigenvalue weighted by Gasteiger charge is -2.25. The van der Waals surface area contributed by atoms with Gasteiger partial charge in [0.1, 0.15) is 18.1 Å². The number of hydrogen-bond acceptors (Lipinski definition) is 5. The number of carboxylic acid groups (broad SMARTS) is 1. The lowest BCUT2D eigenvalue weighted by Crippen LogP contribution is -2.49. The lowest BCUT2D eigenvalue weighted by atomic mass is 9.87. The highest BCUT2D eigenvalue weighted by Crippen LogP contribution is 2.21. The third kappa shape index (κ3) is 14.9. The summed E-state index contributed by atoms with van der Waals surface area (Å²) < 4.78 is 5.49. The van der Waals surface area contributed by atoms with Gasteiger partial charge in [0.15, 0.2) is 5.60 Å². The van der Waals surface area contributed by atoms with Crippen LogP contribution in [0.4, 0.5) is 0 Å². The Balaban J connectivity index is 2.41. The first-order valence-electron chi connectivity index (χ1n) is 14.8. The Morgan fingerprint density at radius 2 is 1.62 bits per heavy atom. The van der Waals surface area contributed by atoms with E-state index in [2.05, 4.69) is 24.1 Å². The largest absolute Gasteiger partial charge is 0.481 e. The van der Waals surface area contributed by atoms with E-state index in [0.717, 1.165) is 51.0 Å². The zero-order chi connectivity index (χ0) is 29.6. The number of benzene rings is 1. The molecule has 0 aliphatic heterocycles. The van der Waals surface area contributed by atoms with E-state index in [0.29, 0.717) is 50.4 Å². The number of ether oxygens (including phenoxy) is 1. The fourth-order valence-corrected chi connectivity index (χ4v) is 4.27. The zero-order valence-corrected chi connectivity index (χ0v) is 24.7. The Bertz CT molecular complexity index is 971. The van der Waals surface area contributed by atoms with Crippen molar-refractivity contribution in [3.8, 4) is 17.6 Å². The molecule has 3 N–H and O–H groups in total. The van der Waals surface area contributed by atoms with Crippen molar-refractivity contribution in [1.82, 2.24) is 5.32 Å². The quantitative estimate of drug-likeness (QED) is 0.0915. The molecule has 0 radical (unpaired) electrons. The standard InChI is InChI=1S/C33H49NO6/c1-4-6-8-11-14-17-28(35)18-15-12-9-10-13-16-19-30(33(3,39)32(37)38)31(36)34-25-24-27-20-22-29(23-21-27)40-26-7-5-2/h16,19-23,30,39H,4,6,8-15,17-18,24-26H2,1-3H3,(H,34,36)(H,37,38)/t30-,33+/m1/s1. The highest BCUT2D eigenvalue weighted by molar-refractivity contribution is 5.90. The molecule has 0 aliphatic carbocycles. The number of unbranched alkanes of at least 4 members (excludes halogenated alkanes) is 8. The Hall–Kier alpha value is -3.11. The van der Waals surface area contributed by atoms with Crippen molar-refractivity contribution in [3.05, 3.63) is 42.0 Å². The number of Topliss-reactive ketones (excluding diaryl/α,β-unsaturated/α-hetero) is 1. The fraction of sp³-hybridized carbons (Fsp3) is 0.606. The normalized spacial score (nSPS) is 13.2. The Kier molecular flexibility index (Phi) is 18.1. The van der Waals surface area contributed by atoms with Crippen molar-refractivity contribution >= 4 is 17.7 Å². The minimum absolute atomic E-state index is 0.303. The molecule has 40 heavy (non-hydrogen) atoms. The number of allylic oxidation sites excluding steroid dienone is 1. The van der Waals surface area contributed by atoms with Crippen LogP contribution in [0, 0.1) is 17.8 Å². The molecule has 222 valence electrons. The minimum atomic E-state index is -2.22. The van der Waals surface area contributed by atoms with E-state index >= 15 is 0 Å². The number of carbonyl (C=O) groups excluding carboxylic acids is 2. The van der Waals surface area contributed by atoms with Crippen LogP contribution in [0.3, 0.4) is 0 Å². The van der Waals surface area contributed by atoms with Gasteiger partial charge in [-0.05, 0) is 63.6 Å². The van der Waals surface area contributed by atoms with Crippen LogP contribution >= 0.6 is 0 Å². The van der Waals surface area contributed by atoms with Gasteiger partial charge in [-0.1, -0.05) is 75.7 Å². The van der Waals surface area contributed by atoms with Crippen molar-refractivity contribution in [2.45, 2.75) is 110 Å². The average Bonchev–Trinajstić information content (AvgIpc) is 2.92. The summed E-state index contributed by atoms with van der Waals surface area (Å²) in [6, 6.07) is 7.47. The number of ketones is 1. The predicted molar refractivity (Wildman–Crippen MR) is 159 cm³/mol. The summed E-state index contributed by atoms with van der Waals surface area (Å²) in [7, 11) is 0. The van der Waals surface area contributed by atoms with Gasteiger partial charge in [0.25, 0.3) is 0 Å². The van der Waals surface area contributed by atoms with Crippen LogP contribution < -0.4 is 10.1 Å². The first kappa shape index (κ1) is 34.9. The van der Waals surface area contributed by atoms with Crippen LogP contribution in [0.5, 0.6) is 5.75 Å². The van der Waals surface area contributed by atoms with Gasteiger partial charge in [-0.15, -0.1) is 5.92 Å². The van der Waals surface area contributed by atoms with E-state index < -0.39 is 23.4 Å². The molecule has 0 bridgehead atoms. The number of aliphatic hydroxyl groups is 1. The maximum Gasteiger partial charge on any atom is 0.336 e. The molecule has 7 heteroatoms. The van der Waals surface area contributed by atoms with E-state index in [9.17, 15) is 24.6 Å². The van der Waals surface area contributed by atoms with Gasteiger partial charge in [0, 0.05) is 19.4 Å². The van der Waals surface area contributed by atoms with E-state index in [1.54, 1.807) is 13.0 Å². The van der Waals surface area contributed by atoms with Crippen molar-refractivity contribution in [2.24, 2.45) is 5.92 Å². The first-order chi connectivity index (χ1) is 19.2. The van der Waals surface area contributed by atoms with E-state index in [1.165, 1.54) is 25.3 Å². The average molecular weight is 556 g/mol. The number of aliphatic carboxylic acids is 1. The summed E-state index contributed by atoms with van der Waals surface area (Å²) >= 11 is 0. The number of nitrogens with one attached hydrogen (secondary N) is 1. The molecule has 7 nitrogen and oxygen atoms in total. The van der Waals surface area contributed by atoms with E-state index in [4.69, 9.17) is 4.74 Å². The van der Waals surface area contributed by atoms with Gasteiger partial charge in [-0.2, -0.15) is 0 Å². The van der Waals surface area contributed by atoms with Gasteiger partial charge in [-0.3, -0.25) is 9.59 Å². The maximum atomic E-state index is 12.8. The summed E-state index contributed by atoms with van der Waals surface area (Å²) in [5.74, 6) is 3.47. The molecular formula is C33H49NO6. The van der Waals surface area contributed by atoms with Gasteiger partial charge in [0.05, 0.1) is 5.92 Å². The molecule has 2 atom stereocenters. The minimum Gasteiger partial charge on any atom is -0.481 e. The van der Waals surface area contributed by atoms with Crippen LogP contribution in [0.1, 0.15) is 103 Å². The van der Waals surface area contributed by atoms with E-state index in [1.807, 2.05) is 24.3 Å². The molecular weight excluding hydrogens is 506 g/mol. The molecule has 0 fully saturated rings. The number of rotatable bonds is 22. The third-order valence-electron chi connectivity index (χ3n) is 6.91. The molecule has 0 unspecified atom stereocenters. The van der Waals surface area contributed by atoms with Gasteiger partial charge in [0.2, 0.25) is 5.91 Å². The summed E-state index contributed by atoms with van der Waals surface area (Å²) in [4.78, 5) is 36.5. The van der Waals surface area contributed by atoms with Crippen molar-refractivity contribution < 1.29 is 29.3 Å². The molecule has 1 rings (SSSR count). The Morgan fingerprint density at radius 1 is 1.00 bits per heavy atom. The Morgan fingerprint density at radius 3 is 2.23 bits per heavy atom. The second-order valence-electron chi connectivity index (χ2n) is 10.4. The predicted octanol–water partition coefficient (Wildman–Crippen LogP) is 6.03. The molecule has 0 spiro atoms. The van der Waals surface area contributed by atoms with Crippen LogP contribution in [0.2, 0.25) is 0 Å². The number of carboxylic acids is 1. The van der Waals surface area contributed by atoms with Crippen LogP contribution in [-0.2, 0) is 20.8 Å². The molecule has 0 saturated heterocycles. The molecule has 0 heterocycles. The molecule has 0 saturated carbocycles. The number of carbonyl (C=O) groups is 3. The summed E-state index contributed by atoms with van der Waals surface area (Å²) in [5.41, 5.74) is -1.24. The van der Waals surface area contributed by atoms with E-state index in [-0.39, 0.29) is 0 Å². The maximum absolute atomic E-state index is 12.8. The monoisotopic (exact) mass is 555 g/mol. The highest BCUT2D eigenvalue weighted by Gasteiger charge is 2.42.